The van der Waals surface area contributed by atoms with Gasteiger partial charge in [0.05, 0.1) is 12.0 Å². The van der Waals surface area contributed by atoms with Gasteiger partial charge in [-0.2, -0.15) is 5.10 Å². The van der Waals surface area contributed by atoms with Crippen LogP contribution in [-0.4, -0.2) is 17.5 Å². The average Bonchev–Trinajstić information content (AvgIpc) is 3.21. The number of benzene rings is 2. The monoisotopic (exact) mass is 361 g/mol. The zero-order valence-corrected chi connectivity index (χ0v) is 15.0. The summed E-state index contributed by atoms with van der Waals surface area (Å²) in [5, 5.41) is 6.93. The number of carbonyl (C=O) groups is 2. The van der Waals surface area contributed by atoms with Gasteiger partial charge in [-0.25, -0.2) is 5.43 Å². The molecule has 2 amide bonds. The summed E-state index contributed by atoms with van der Waals surface area (Å²) in [5.41, 5.74) is 6.02. The lowest BCUT2D eigenvalue weighted by Gasteiger charge is -2.07. The van der Waals surface area contributed by atoms with E-state index in [1.165, 1.54) is 6.26 Å². The first-order valence-corrected chi connectivity index (χ1v) is 8.40. The first-order chi connectivity index (χ1) is 13.0. The van der Waals surface area contributed by atoms with Crippen LogP contribution >= 0.6 is 0 Å². The number of hydrogen-bond donors (Lipinski definition) is 2. The number of hydrogen-bond acceptors (Lipinski definition) is 4. The fourth-order valence-corrected chi connectivity index (χ4v) is 2.51. The maximum atomic E-state index is 12.3. The minimum atomic E-state index is -0.334. The Labute approximate surface area is 156 Å². The van der Waals surface area contributed by atoms with Crippen molar-refractivity contribution in [3.05, 3.63) is 89.4 Å². The molecule has 0 radical (unpaired) electrons. The molecular formula is C21H19N3O3. The topological polar surface area (TPSA) is 83.7 Å². The Kier molecular flexibility index (Phi) is 5.47. The summed E-state index contributed by atoms with van der Waals surface area (Å²) in [5.74, 6) is -0.370. The molecule has 27 heavy (non-hydrogen) atoms. The predicted molar refractivity (Wildman–Crippen MR) is 104 cm³/mol. The molecule has 0 unspecified atom stereocenters. The summed E-state index contributed by atoms with van der Waals surface area (Å²) in [4.78, 5) is 24.3. The van der Waals surface area contributed by atoms with Crippen LogP contribution in [0.5, 0.6) is 0 Å². The predicted octanol–water partition coefficient (Wildman–Crippen LogP) is 3.99. The highest BCUT2D eigenvalue weighted by Gasteiger charge is 2.10. The van der Waals surface area contributed by atoms with Gasteiger partial charge in [-0.15, -0.1) is 0 Å². The third-order valence-electron chi connectivity index (χ3n) is 4.00. The molecule has 0 fully saturated rings. The average molecular weight is 361 g/mol. The number of amides is 2. The molecule has 1 aromatic heterocycles. The molecule has 0 atom stereocenters. The number of aryl methyl sites for hydroxylation is 1. The maximum Gasteiger partial charge on any atom is 0.291 e. The first kappa shape index (κ1) is 18.1. The van der Waals surface area contributed by atoms with Crippen LogP contribution in [0, 0.1) is 6.92 Å². The molecule has 6 heteroatoms. The van der Waals surface area contributed by atoms with Crippen LogP contribution in [-0.2, 0) is 0 Å². The molecule has 2 N–H and O–H groups in total. The first-order valence-electron chi connectivity index (χ1n) is 8.40. The number of nitrogens with one attached hydrogen (secondary N) is 2. The molecule has 0 spiro atoms. The molecule has 0 saturated heterocycles. The quantitative estimate of drug-likeness (QED) is 0.532. The van der Waals surface area contributed by atoms with Crippen molar-refractivity contribution in [3.63, 3.8) is 0 Å². The molecular weight excluding hydrogens is 342 g/mol. The van der Waals surface area contributed by atoms with E-state index < -0.39 is 0 Å². The number of rotatable bonds is 5. The van der Waals surface area contributed by atoms with Crippen LogP contribution in [0.3, 0.4) is 0 Å². The normalized spacial score (nSPS) is 11.1. The largest absolute Gasteiger partial charge is 0.459 e. The van der Waals surface area contributed by atoms with Crippen LogP contribution in [0.1, 0.15) is 39.0 Å². The molecule has 3 aromatic rings. The Balaban J connectivity index is 1.70. The van der Waals surface area contributed by atoms with E-state index in [1.54, 1.807) is 43.3 Å². The highest BCUT2D eigenvalue weighted by atomic mass is 16.3. The van der Waals surface area contributed by atoms with Gasteiger partial charge in [-0.05, 0) is 55.3 Å². The number of furan rings is 1. The van der Waals surface area contributed by atoms with Gasteiger partial charge in [0.1, 0.15) is 0 Å². The van der Waals surface area contributed by atoms with Crippen LogP contribution < -0.4 is 10.7 Å². The lowest BCUT2D eigenvalue weighted by atomic mass is 10.1. The molecule has 2 aromatic carbocycles. The number of anilines is 1. The standard InChI is InChI=1S/C21H19N3O3/c1-14-7-3-4-10-18(14)20(25)24-23-15(2)16-8-5-9-17(13-16)22-21(26)19-11-6-12-27-19/h3-13H,1-2H3,(H,22,26)(H,24,25)/b23-15+. The lowest BCUT2D eigenvalue weighted by molar-refractivity contribution is 0.0953. The molecule has 6 nitrogen and oxygen atoms in total. The van der Waals surface area contributed by atoms with E-state index in [-0.39, 0.29) is 17.6 Å². The molecule has 0 bridgehead atoms. The van der Waals surface area contributed by atoms with Gasteiger partial charge in [0.2, 0.25) is 0 Å². The molecule has 136 valence electrons. The van der Waals surface area contributed by atoms with E-state index in [0.717, 1.165) is 11.1 Å². The molecule has 3 rings (SSSR count). The summed E-state index contributed by atoms with van der Waals surface area (Å²) in [6.45, 7) is 3.66. The van der Waals surface area contributed by atoms with Gasteiger partial charge in [-0.3, -0.25) is 9.59 Å². The van der Waals surface area contributed by atoms with Crippen molar-refractivity contribution in [2.75, 3.05) is 5.32 Å². The SMILES string of the molecule is C/C(=N\NC(=O)c1ccccc1C)c1cccc(NC(=O)c2ccco2)c1. The van der Waals surface area contributed by atoms with Crippen LogP contribution in [0.25, 0.3) is 0 Å². The summed E-state index contributed by atoms with van der Waals surface area (Å²) in [7, 11) is 0. The van der Waals surface area contributed by atoms with Crippen LogP contribution in [0.15, 0.2) is 76.4 Å². The maximum absolute atomic E-state index is 12.3. The zero-order valence-electron chi connectivity index (χ0n) is 15.0. The minimum Gasteiger partial charge on any atom is -0.459 e. The summed E-state index contributed by atoms with van der Waals surface area (Å²) in [6, 6.07) is 17.7. The molecule has 0 aliphatic rings. The number of carbonyl (C=O) groups excluding carboxylic acids is 2. The van der Waals surface area contributed by atoms with Crippen molar-refractivity contribution in [3.8, 4) is 0 Å². The van der Waals surface area contributed by atoms with Gasteiger partial charge in [0.15, 0.2) is 5.76 Å². The fourth-order valence-electron chi connectivity index (χ4n) is 2.51. The Morgan fingerprint density at radius 1 is 0.963 bits per heavy atom. The van der Waals surface area contributed by atoms with E-state index in [9.17, 15) is 9.59 Å². The summed E-state index contributed by atoms with van der Waals surface area (Å²) < 4.78 is 5.08. The third kappa shape index (κ3) is 4.49. The Morgan fingerprint density at radius 2 is 1.78 bits per heavy atom. The van der Waals surface area contributed by atoms with E-state index in [0.29, 0.717) is 17.0 Å². The lowest BCUT2D eigenvalue weighted by Crippen LogP contribution is -2.20. The van der Waals surface area contributed by atoms with Crippen molar-refractivity contribution >= 4 is 23.2 Å². The van der Waals surface area contributed by atoms with E-state index in [4.69, 9.17) is 4.42 Å². The molecule has 0 aliphatic carbocycles. The molecule has 0 aliphatic heterocycles. The second-order valence-electron chi connectivity index (χ2n) is 5.97. The number of hydrazone groups is 1. The smallest absolute Gasteiger partial charge is 0.291 e. The van der Waals surface area contributed by atoms with Crippen molar-refractivity contribution in [1.29, 1.82) is 0 Å². The van der Waals surface area contributed by atoms with Crippen LogP contribution in [0.2, 0.25) is 0 Å². The number of nitrogens with zero attached hydrogens (tertiary/aromatic N) is 1. The van der Waals surface area contributed by atoms with Gasteiger partial charge >= 0.3 is 0 Å². The minimum absolute atomic E-state index is 0.233. The highest BCUT2D eigenvalue weighted by Crippen LogP contribution is 2.14. The van der Waals surface area contributed by atoms with Crippen LogP contribution in [0.4, 0.5) is 5.69 Å². The zero-order chi connectivity index (χ0) is 19.2. The Hall–Kier alpha value is -3.67. The van der Waals surface area contributed by atoms with Gasteiger partial charge in [0.25, 0.3) is 11.8 Å². The summed E-state index contributed by atoms with van der Waals surface area (Å²) in [6.07, 6.45) is 1.44. The van der Waals surface area contributed by atoms with Gasteiger partial charge in [0, 0.05) is 11.3 Å². The Bertz CT molecular complexity index is 991. The van der Waals surface area contributed by atoms with Crippen molar-refractivity contribution in [1.82, 2.24) is 5.43 Å². The van der Waals surface area contributed by atoms with E-state index >= 15 is 0 Å². The van der Waals surface area contributed by atoms with Gasteiger partial charge in [-0.1, -0.05) is 30.3 Å². The second kappa shape index (κ2) is 8.14. The van der Waals surface area contributed by atoms with Crippen molar-refractivity contribution in [2.24, 2.45) is 5.10 Å². The van der Waals surface area contributed by atoms with E-state index in [2.05, 4.69) is 15.8 Å². The van der Waals surface area contributed by atoms with E-state index in [1.807, 2.05) is 31.2 Å². The molecule has 1 heterocycles. The van der Waals surface area contributed by atoms with Crippen molar-refractivity contribution < 1.29 is 14.0 Å². The van der Waals surface area contributed by atoms with Gasteiger partial charge < -0.3 is 9.73 Å². The summed E-state index contributed by atoms with van der Waals surface area (Å²) >= 11 is 0. The fraction of sp³-hybridized carbons (Fsp3) is 0.0952. The second-order valence-corrected chi connectivity index (χ2v) is 5.97. The Morgan fingerprint density at radius 3 is 2.52 bits per heavy atom. The van der Waals surface area contributed by atoms with Crippen molar-refractivity contribution in [2.45, 2.75) is 13.8 Å². The third-order valence-corrected chi connectivity index (χ3v) is 4.00. The molecule has 0 saturated carbocycles. The highest BCUT2D eigenvalue weighted by molar-refractivity contribution is 6.04.